The van der Waals surface area contributed by atoms with E-state index in [0.29, 0.717) is 12.1 Å². The van der Waals surface area contributed by atoms with Crippen LogP contribution in [0.2, 0.25) is 0 Å². The van der Waals surface area contributed by atoms with Gasteiger partial charge in [-0.1, -0.05) is 29.8 Å². The Morgan fingerprint density at radius 1 is 1.41 bits per heavy atom. The van der Waals surface area contributed by atoms with Crippen LogP contribution in [0.25, 0.3) is 0 Å². The van der Waals surface area contributed by atoms with Crippen LogP contribution in [0.1, 0.15) is 43.4 Å². The van der Waals surface area contributed by atoms with Crippen molar-refractivity contribution in [2.75, 3.05) is 13.2 Å². The number of hydrogen-bond acceptors (Lipinski definition) is 2. The summed E-state index contributed by atoms with van der Waals surface area (Å²) in [7, 11) is 0. The molecule has 0 bridgehead atoms. The van der Waals surface area contributed by atoms with Gasteiger partial charge in [-0.05, 0) is 38.7 Å². The molecule has 0 aromatic heterocycles. The average molecular weight is 233 g/mol. The van der Waals surface area contributed by atoms with E-state index >= 15 is 0 Å². The zero-order valence-corrected chi connectivity index (χ0v) is 10.9. The summed E-state index contributed by atoms with van der Waals surface area (Å²) in [5.74, 6) is 0. The highest BCUT2D eigenvalue weighted by molar-refractivity contribution is 5.24. The monoisotopic (exact) mass is 233 g/mol. The molecule has 2 nitrogen and oxygen atoms in total. The van der Waals surface area contributed by atoms with Crippen molar-refractivity contribution in [3.63, 3.8) is 0 Å². The van der Waals surface area contributed by atoms with Gasteiger partial charge in [0.05, 0.1) is 6.10 Å². The summed E-state index contributed by atoms with van der Waals surface area (Å²) in [6.45, 7) is 6.26. The molecule has 1 aromatic rings. The third-order valence-electron chi connectivity index (χ3n) is 3.47. The summed E-state index contributed by atoms with van der Waals surface area (Å²) in [6, 6.07) is 9.10. The van der Waals surface area contributed by atoms with E-state index in [0.717, 1.165) is 13.2 Å². The van der Waals surface area contributed by atoms with Crippen molar-refractivity contribution in [1.29, 1.82) is 0 Å². The van der Waals surface area contributed by atoms with Gasteiger partial charge in [-0.25, -0.2) is 0 Å². The molecule has 1 aromatic carbocycles. The maximum absolute atomic E-state index is 5.73. The summed E-state index contributed by atoms with van der Waals surface area (Å²) < 4.78 is 5.73. The Kier molecular flexibility index (Phi) is 4.57. The number of rotatable bonds is 4. The molecule has 1 N–H and O–H groups in total. The summed E-state index contributed by atoms with van der Waals surface area (Å²) in [4.78, 5) is 0. The third kappa shape index (κ3) is 3.83. The van der Waals surface area contributed by atoms with Crippen LogP contribution in [0, 0.1) is 6.92 Å². The molecule has 2 atom stereocenters. The minimum Gasteiger partial charge on any atom is -0.377 e. The van der Waals surface area contributed by atoms with Gasteiger partial charge in [0.25, 0.3) is 0 Å². The zero-order valence-electron chi connectivity index (χ0n) is 10.9. The van der Waals surface area contributed by atoms with Crippen LogP contribution in [-0.2, 0) is 4.74 Å². The van der Waals surface area contributed by atoms with Crippen molar-refractivity contribution in [1.82, 2.24) is 5.32 Å². The molecule has 0 aliphatic carbocycles. The predicted octanol–water partition coefficient (Wildman–Crippen LogP) is 3.21. The maximum Gasteiger partial charge on any atom is 0.0699 e. The van der Waals surface area contributed by atoms with Gasteiger partial charge < -0.3 is 10.1 Å². The SMILES string of the molecule is Cc1cccc([C@H](C)NCC2CCCCO2)c1. The van der Waals surface area contributed by atoms with Gasteiger partial charge in [-0.15, -0.1) is 0 Å². The van der Waals surface area contributed by atoms with Crippen molar-refractivity contribution < 1.29 is 4.74 Å². The van der Waals surface area contributed by atoms with Gasteiger partial charge >= 0.3 is 0 Å². The molecule has 94 valence electrons. The van der Waals surface area contributed by atoms with Gasteiger partial charge in [0.2, 0.25) is 0 Å². The van der Waals surface area contributed by atoms with Crippen molar-refractivity contribution in [2.24, 2.45) is 0 Å². The Labute approximate surface area is 104 Å². The maximum atomic E-state index is 5.73. The van der Waals surface area contributed by atoms with Crippen LogP contribution in [-0.4, -0.2) is 19.3 Å². The molecule has 1 heterocycles. The van der Waals surface area contributed by atoms with E-state index in [1.165, 1.54) is 30.4 Å². The van der Waals surface area contributed by atoms with E-state index in [9.17, 15) is 0 Å². The average Bonchev–Trinajstić information content (AvgIpc) is 2.37. The molecule has 1 unspecified atom stereocenters. The van der Waals surface area contributed by atoms with Crippen LogP contribution < -0.4 is 5.32 Å². The fraction of sp³-hybridized carbons (Fsp3) is 0.600. The predicted molar refractivity (Wildman–Crippen MR) is 71.2 cm³/mol. The van der Waals surface area contributed by atoms with Crippen LogP contribution in [0.5, 0.6) is 0 Å². The quantitative estimate of drug-likeness (QED) is 0.862. The highest BCUT2D eigenvalue weighted by atomic mass is 16.5. The Morgan fingerprint density at radius 2 is 2.29 bits per heavy atom. The van der Waals surface area contributed by atoms with Crippen LogP contribution in [0.3, 0.4) is 0 Å². The van der Waals surface area contributed by atoms with E-state index in [-0.39, 0.29) is 0 Å². The largest absolute Gasteiger partial charge is 0.377 e. The second kappa shape index (κ2) is 6.18. The number of ether oxygens (including phenoxy) is 1. The molecule has 1 fully saturated rings. The van der Waals surface area contributed by atoms with E-state index < -0.39 is 0 Å². The van der Waals surface area contributed by atoms with Gasteiger partial charge in [-0.2, -0.15) is 0 Å². The summed E-state index contributed by atoms with van der Waals surface area (Å²) in [5, 5.41) is 3.57. The Balaban J connectivity index is 1.82. The molecule has 0 amide bonds. The molecule has 1 aliphatic heterocycles. The molecule has 1 saturated heterocycles. The first kappa shape index (κ1) is 12.6. The summed E-state index contributed by atoms with van der Waals surface area (Å²) in [5.41, 5.74) is 2.69. The van der Waals surface area contributed by atoms with Gasteiger partial charge in [-0.3, -0.25) is 0 Å². The van der Waals surface area contributed by atoms with E-state index in [4.69, 9.17) is 4.74 Å². The highest BCUT2D eigenvalue weighted by Crippen LogP contribution is 2.16. The van der Waals surface area contributed by atoms with Crippen LogP contribution in [0.15, 0.2) is 24.3 Å². The van der Waals surface area contributed by atoms with Crippen molar-refractivity contribution in [2.45, 2.75) is 45.3 Å². The van der Waals surface area contributed by atoms with Crippen molar-refractivity contribution in [3.8, 4) is 0 Å². The second-order valence-corrected chi connectivity index (χ2v) is 5.03. The Bertz CT molecular complexity index is 345. The standard InChI is InChI=1S/C15H23NO/c1-12-6-5-7-14(10-12)13(2)16-11-15-8-3-4-9-17-15/h5-7,10,13,15-16H,3-4,8-9,11H2,1-2H3/t13-,15?/m0/s1. The lowest BCUT2D eigenvalue weighted by atomic mass is 10.0. The Hall–Kier alpha value is -0.860. The number of hydrogen-bond donors (Lipinski definition) is 1. The third-order valence-corrected chi connectivity index (χ3v) is 3.47. The van der Waals surface area contributed by atoms with E-state index in [1.807, 2.05) is 0 Å². The number of nitrogens with one attached hydrogen (secondary N) is 1. The lowest BCUT2D eigenvalue weighted by Gasteiger charge is -2.25. The molecular formula is C15H23NO. The number of benzene rings is 1. The van der Waals surface area contributed by atoms with Crippen LogP contribution >= 0.6 is 0 Å². The normalized spacial score (nSPS) is 22.4. The molecule has 2 rings (SSSR count). The first-order chi connectivity index (χ1) is 8.25. The minimum atomic E-state index is 0.403. The van der Waals surface area contributed by atoms with E-state index in [2.05, 4.69) is 43.4 Å². The lowest BCUT2D eigenvalue weighted by molar-refractivity contribution is 0.0156. The summed E-state index contributed by atoms with van der Waals surface area (Å²) >= 11 is 0. The fourth-order valence-corrected chi connectivity index (χ4v) is 2.33. The summed E-state index contributed by atoms with van der Waals surface area (Å²) in [6.07, 6.45) is 4.15. The zero-order chi connectivity index (χ0) is 12.1. The number of aryl methyl sites for hydroxylation is 1. The smallest absolute Gasteiger partial charge is 0.0699 e. The fourth-order valence-electron chi connectivity index (χ4n) is 2.33. The van der Waals surface area contributed by atoms with Gasteiger partial charge in [0, 0.05) is 19.2 Å². The molecule has 0 saturated carbocycles. The minimum absolute atomic E-state index is 0.403. The molecule has 1 aliphatic rings. The first-order valence-electron chi connectivity index (χ1n) is 6.67. The van der Waals surface area contributed by atoms with E-state index in [1.54, 1.807) is 0 Å². The highest BCUT2D eigenvalue weighted by Gasteiger charge is 2.14. The molecule has 2 heteroatoms. The lowest BCUT2D eigenvalue weighted by Crippen LogP contribution is -2.33. The van der Waals surface area contributed by atoms with Gasteiger partial charge in [0.1, 0.15) is 0 Å². The Morgan fingerprint density at radius 3 is 3.00 bits per heavy atom. The van der Waals surface area contributed by atoms with Crippen molar-refractivity contribution >= 4 is 0 Å². The molecule has 17 heavy (non-hydrogen) atoms. The second-order valence-electron chi connectivity index (χ2n) is 5.03. The van der Waals surface area contributed by atoms with Crippen LogP contribution in [0.4, 0.5) is 0 Å². The molecular weight excluding hydrogens is 210 g/mol. The van der Waals surface area contributed by atoms with Gasteiger partial charge in [0.15, 0.2) is 0 Å². The molecule has 0 spiro atoms. The van der Waals surface area contributed by atoms with Crippen molar-refractivity contribution in [3.05, 3.63) is 35.4 Å². The first-order valence-corrected chi connectivity index (χ1v) is 6.67. The molecule has 0 radical (unpaired) electrons. The topological polar surface area (TPSA) is 21.3 Å².